The van der Waals surface area contributed by atoms with E-state index in [1.165, 1.54) is 14.2 Å². The van der Waals surface area contributed by atoms with Gasteiger partial charge < -0.3 is 15.2 Å². The largest absolute Gasteiger partial charge is 0.464 e. The molecule has 0 fully saturated rings. The predicted molar refractivity (Wildman–Crippen MR) is 54.4 cm³/mol. The van der Waals surface area contributed by atoms with Gasteiger partial charge in [0.1, 0.15) is 5.82 Å². The first-order chi connectivity index (χ1) is 7.15. The van der Waals surface area contributed by atoms with Gasteiger partial charge in [-0.1, -0.05) is 0 Å². The monoisotopic (exact) mass is 213 g/mol. The summed E-state index contributed by atoms with van der Waals surface area (Å²) in [6, 6.07) is 0. The molecule has 0 aromatic carbocycles. The number of hydrogen-bond donors (Lipinski definition) is 1. The number of hydrogen-bond acceptors (Lipinski definition) is 5. The van der Waals surface area contributed by atoms with Crippen molar-refractivity contribution in [2.24, 2.45) is 0 Å². The Morgan fingerprint density at radius 2 is 2.20 bits per heavy atom. The number of rotatable bonds is 4. The van der Waals surface area contributed by atoms with Crippen LogP contribution in [0.3, 0.4) is 0 Å². The summed E-state index contributed by atoms with van der Waals surface area (Å²) < 4.78 is 11.1. The highest BCUT2D eigenvalue weighted by Crippen LogP contribution is 2.18. The lowest BCUT2D eigenvalue weighted by Gasteiger charge is -2.01. The first kappa shape index (κ1) is 11.5. The van der Waals surface area contributed by atoms with Crippen molar-refractivity contribution in [3.63, 3.8) is 0 Å². The van der Waals surface area contributed by atoms with Crippen LogP contribution >= 0.6 is 0 Å². The summed E-state index contributed by atoms with van der Waals surface area (Å²) >= 11 is 0. The fourth-order valence-electron chi connectivity index (χ4n) is 1.30. The van der Waals surface area contributed by atoms with Gasteiger partial charge in [0.05, 0.1) is 19.3 Å². The van der Waals surface area contributed by atoms with Crippen molar-refractivity contribution >= 4 is 11.8 Å². The Labute approximate surface area is 88.0 Å². The Morgan fingerprint density at radius 3 is 2.67 bits per heavy atom. The molecule has 0 aliphatic rings. The number of aryl methyl sites for hydroxylation is 1. The van der Waals surface area contributed by atoms with E-state index in [1.807, 2.05) is 6.92 Å². The first-order valence-electron chi connectivity index (χ1n) is 4.58. The number of methoxy groups -OCH3 is 2. The molecule has 0 aliphatic heterocycles. The van der Waals surface area contributed by atoms with Gasteiger partial charge in [-0.15, -0.1) is 0 Å². The maximum atomic E-state index is 11.4. The summed E-state index contributed by atoms with van der Waals surface area (Å²) in [5, 5.41) is 4.05. The first-order valence-corrected chi connectivity index (χ1v) is 4.58. The van der Waals surface area contributed by atoms with Gasteiger partial charge in [-0.25, -0.2) is 9.48 Å². The van der Waals surface area contributed by atoms with Crippen molar-refractivity contribution in [2.75, 3.05) is 20.0 Å². The van der Waals surface area contributed by atoms with Crippen LogP contribution in [0, 0.1) is 0 Å². The Balaban J connectivity index is 3.18. The highest BCUT2D eigenvalue weighted by atomic mass is 16.5. The minimum atomic E-state index is -0.499. The molecule has 15 heavy (non-hydrogen) atoms. The molecule has 1 aromatic rings. The smallest absolute Gasteiger partial charge is 0.359 e. The van der Waals surface area contributed by atoms with Crippen LogP contribution in [-0.2, 0) is 22.6 Å². The molecule has 0 saturated carbocycles. The van der Waals surface area contributed by atoms with E-state index in [0.717, 1.165) is 0 Å². The zero-order valence-electron chi connectivity index (χ0n) is 9.11. The molecule has 0 saturated heterocycles. The van der Waals surface area contributed by atoms with Crippen LogP contribution in [0.2, 0.25) is 0 Å². The van der Waals surface area contributed by atoms with Gasteiger partial charge in [-0.2, -0.15) is 5.10 Å². The zero-order valence-corrected chi connectivity index (χ0v) is 9.11. The van der Waals surface area contributed by atoms with E-state index in [1.54, 1.807) is 4.68 Å². The third kappa shape index (κ3) is 2.10. The van der Waals surface area contributed by atoms with Crippen LogP contribution in [0.25, 0.3) is 0 Å². The van der Waals surface area contributed by atoms with Crippen LogP contribution in [0.4, 0.5) is 5.82 Å². The fraction of sp³-hybridized carbons (Fsp3) is 0.556. The van der Waals surface area contributed by atoms with Crippen molar-refractivity contribution in [3.8, 4) is 0 Å². The fourth-order valence-corrected chi connectivity index (χ4v) is 1.30. The molecule has 6 nitrogen and oxygen atoms in total. The summed E-state index contributed by atoms with van der Waals surface area (Å²) in [7, 11) is 2.84. The van der Waals surface area contributed by atoms with E-state index in [0.29, 0.717) is 17.9 Å². The second-order valence-electron chi connectivity index (χ2n) is 2.95. The van der Waals surface area contributed by atoms with Gasteiger partial charge in [0.2, 0.25) is 0 Å². The molecule has 6 heteroatoms. The van der Waals surface area contributed by atoms with E-state index in [-0.39, 0.29) is 12.3 Å². The predicted octanol–water partition coefficient (Wildman–Crippen LogP) is 0.418. The second kappa shape index (κ2) is 4.79. The Hall–Kier alpha value is -1.56. The van der Waals surface area contributed by atoms with Crippen molar-refractivity contribution in [2.45, 2.75) is 20.1 Å². The van der Waals surface area contributed by atoms with E-state index in [9.17, 15) is 4.79 Å². The molecule has 0 amide bonds. The molecule has 2 N–H and O–H groups in total. The minimum Gasteiger partial charge on any atom is -0.464 e. The summed E-state index contributed by atoms with van der Waals surface area (Å²) in [6.45, 7) is 2.73. The number of nitrogens with two attached hydrogens (primary N) is 1. The number of carbonyl (C=O) groups is 1. The third-order valence-corrected chi connectivity index (χ3v) is 2.06. The number of nitrogens with zero attached hydrogens (tertiary/aromatic N) is 2. The van der Waals surface area contributed by atoms with Crippen molar-refractivity contribution in [1.82, 2.24) is 9.78 Å². The molecule has 84 valence electrons. The molecule has 0 spiro atoms. The van der Waals surface area contributed by atoms with Crippen LogP contribution in [0.1, 0.15) is 23.0 Å². The highest BCUT2D eigenvalue weighted by molar-refractivity contribution is 5.90. The van der Waals surface area contributed by atoms with Crippen LogP contribution in [0.15, 0.2) is 0 Å². The maximum Gasteiger partial charge on any atom is 0.359 e. The normalized spacial score (nSPS) is 10.3. The van der Waals surface area contributed by atoms with Crippen molar-refractivity contribution in [3.05, 3.63) is 11.3 Å². The van der Waals surface area contributed by atoms with E-state index >= 15 is 0 Å². The van der Waals surface area contributed by atoms with Gasteiger partial charge in [-0.05, 0) is 6.92 Å². The SMILES string of the molecule is CCn1nc(C(=O)OC)c(COC)c1N. The van der Waals surface area contributed by atoms with Crippen molar-refractivity contribution in [1.29, 1.82) is 0 Å². The number of ether oxygens (including phenoxy) is 2. The Morgan fingerprint density at radius 1 is 1.53 bits per heavy atom. The summed E-state index contributed by atoms with van der Waals surface area (Å²) in [4.78, 5) is 11.4. The van der Waals surface area contributed by atoms with Gasteiger partial charge >= 0.3 is 5.97 Å². The van der Waals surface area contributed by atoms with Crippen LogP contribution in [-0.4, -0.2) is 30.0 Å². The lowest BCUT2D eigenvalue weighted by molar-refractivity contribution is 0.0588. The standard InChI is InChI=1S/C9H15N3O3/c1-4-12-8(10)6(5-14-2)7(11-12)9(13)15-3/h4-5,10H2,1-3H3. The number of aromatic nitrogens is 2. The molecule has 1 aromatic heterocycles. The van der Waals surface area contributed by atoms with Crippen LogP contribution < -0.4 is 5.73 Å². The third-order valence-electron chi connectivity index (χ3n) is 2.06. The summed E-state index contributed by atoms with van der Waals surface area (Å²) in [6.07, 6.45) is 0. The lowest BCUT2D eigenvalue weighted by Crippen LogP contribution is -2.06. The molecule has 1 heterocycles. The van der Waals surface area contributed by atoms with Gasteiger partial charge in [0.25, 0.3) is 0 Å². The van der Waals surface area contributed by atoms with Gasteiger partial charge in [0, 0.05) is 13.7 Å². The molecular weight excluding hydrogens is 198 g/mol. The lowest BCUT2D eigenvalue weighted by atomic mass is 10.2. The number of esters is 1. The molecule has 0 aliphatic carbocycles. The number of carbonyl (C=O) groups excluding carboxylic acids is 1. The van der Waals surface area contributed by atoms with Gasteiger partial charge in [-0.3, -0.25) is 0 Å². The molecular formula is C9H15N3O3. The van der Waals surface area contributed by atoms with E-state index in [2.05, 4.69) is 9.84 Å². The molecule has 1 rings (SSSR count). The molecule has 0 unspecified atom stereocenters. The Kier molecular flexibility index (Phi) is 3.68. The van der Waals surface area contributed by atoms with Crippen LogP contribution in [0.5, 0.6) is 0 Å². The van der Waals surface area contributed by atoms with E-state index in [4.69, 9.17) is 10.5 Å². The average molecular weight is 213 g/mol. The molecule has 0 radical (unpaired) electrons. The number of nitrogen functional groups attached to an aromatic ring is 1. The zero-order chi connectivity index (χ0) is 11.4. The molecule has 0 atom stereocenters. The second-order valence-corrected chi connectivity index (χ2v) is 2.95. The number of anilines is 1. The average Bonchev–Trinajstić information content (AvgIpc) is 2.56. The maximum absolute atomic E-state index is 11.4. The van der Waals surface area contributed by atoms with E-state index < -0.39 is 5.97 Å². The molecule has 0 bridgehead atoms. The summed E-state index contributed by atoms with van der Waals surface area (Å²) in [5.74, 6) is -0.0549. The topological polar surface area (TPSA) is 79.4 Å². The van der Waals surface area contributed by atoms with Crippen molar-refractivity contribution < 1.29 is 14.3 Å². The summed E-state index contributed by atoms with van der Waals surface area (Å²) in [5.41, 5.74) is 6.60. The Bertz CT molecular complexity index is 360. The quantitative estimate of drug-likeness (QED) is 0.733. The minimum absolute atomic E-state index is 0.221. The highest BCUT2D eigenvalue weighted by Gasteiger charge is 2.21. The van der Waals surface area contributed by atoms with Gasteiger partial charge in [0.15, 0.2) is 5.69 Å².